The molecule has 0 saturated heterocycles. The monoisotopic (exact) mass is 156 g/mol. The maximum atomic E-state index is 11.1. The molecule has 0 aromatic rings. The van der Waals surface area contributed by atoms with Gasteiger partial charge in [-0.25, -0.2) is 0 Å². The van der Waals surface area contributed by atoms with Crippen LogP contribution in [0.15, 0.2) is 0 Å². The van der Waals surface area contributed by atoms with E-state index < -0.39 is 6.10 Å². The summed E-state index contributed by atoms with van der Waals surface area (Å²) in [5.74, 6) is 0.0481. The Morgan fingerprint density at radius 3 is 2.55 bits per heavy atom. The van der Waals surface area contributed by atoms with Gasteiger partial charge in [-0.2, -0.15) is 0 Å². The van der Waals surface area contributed by atoms with E-state index in [-0.39, 0.29) is 5.78 Å². The first-order valence-corrected chi connectivity index (χ1v) is 4.51. The van der Waals surface area contributed by atoms with E-state index in [0.717, 1.165) is 19.3 Å². The van der Waals surface area contributed by atoms with Gasteiger partial charge < -0.3 is 5.11 Å². The molecular formula is C9H16O2. The SMILES string of the molecule is O=C1CCCCCCCC1O. The van der Waals surface area contributed by atoms with Gasteiger partial charge in [0.15, 0.2) is 5.78 Å². The number of ketones is 1. The summed E-state index contributed by atoms with van der Waals surface area (Å²) in [5, 5.41) is 9.26. The van der Waals surface area contributed by atoms with Crippen molar-refractivity contribution >= 4 is 5.78 Å². The second-order valence-electron chi connectivity index (χ2n) is 3.29. The topological polar surface area (TPSA) is 37.3 Å². The number of aliphatic hydroxyl groups excluding tert-OH is 1. The molecular weight excluding hydrogens is 140 g/mol. The largest absolute Gasteiger partial charge is 0.385 e. The Morgan fingerprint density at radius 2 is 1.73 bits per heavy atom. The van der Waals surface area contributed by atoms with Crippen molar-refractivity contribution in [3.63, 3.8) is 0 Å². The lowest BCUT2D eigenvalue weighted by atomic mass is 10.1. The molecule has 0 amide bonds. The number of rotatable bonds is 0. The van der Waals surface area contributed by atoms with E-state index >= 15 is 0 Å². The highest BCUT2D eigenvalue weighted by molar-refractivity contribution is 5.82. The molecule has 0 aromatic heterocycles. The van der Waals surface area contributed by atoms with Crippen LogP contribution in [0.25, 0.3) is 0 Å². The van der Waals surface area contributed by atoms with Crippen molar-refractivity contribution in [2.24, 2.45) is 0 Å². The summed E-state index contributed by atoms with van der Waals surface area (Å²) in [7, 11) is 0. The molecule has 2 nitrogen and oxygen atoms in total. The molecule has 1 fully saturated rings. The van der Waals surface area contributed by atoms with Crippen LogP contribution in [0.4, 0.5) is 0 Å². The van der Waals surface area contributed by atoms with E-state index in [0.29, 0.717) is 12.8 Å². The third-order valence-electron chi connectivity index (χ3n) is 2.27. The van der Waals surface area contributed by atoms with Gasteiger partial charge in [-0.05, 0) is 12.8 Å². The van der Waals surface area contributed by atoms with Crippen LogP contribution in [0.1, 0.15) is 44.9 Å². The Morgan fingerprint density at radius 1 is 1.09 bits per heavy atom. The summed E-state index contributed by atoms with van der Waals surface area (Å²) < 4.78 is 0. The molecule has 0 heterocycles. The van der Waals surface area contributed by atoms with Gasteiger partial charge in [0, 0.05) is 6.42 Å². The fourth-order valence-corrected chi connectivity index (χ4v) is 1.49. The van der Waals surface area contributed by atoms with Crippen LogP contribution >= 0.6 is 0 Å². The van der Waals surface area contributed by atoms with Crippen molar-refractivity contribution in [1.29, 1.82) is 0 Å². The summed E-state index contributed by atoms with van der Waals surface area (Å²) in [6.45, 7) is 0. The van der Waals surface area contributed by atoms with Crippen LogP contribution in [0.2, 0.25) is 0 Å². The standard InChI is InChI=1S/C9H16O2/c10-8-6-4-2-1-3-5-7-9(8)11/h8,10H,1-7H2. The van der Waals surface area contributed by atoms with Crippen LogP contribution in [0.3, 0.4) is 0 Å². The Bertz CT molecular complexity index is 132. The first-order chi connectivity index (χ1) is 5.30. The van der Waals surface area contributed by atoms with Crippen molar-refractivity contribution < 1.29 is 9.90 Å². The normalized spacial score (nSPS) is 28.8. The van der Waals surface area contributed by atoms with Gasteiger partial charge in [0.05, 0.1) is 0 Å². The maximum Gasteiger partial charge on any atom is 0.161 e. The molecule has 0 radical (unpaired) electrons. The smallest absolute Gasteiger partial charge is 0.161 e. The summed E-state index contributed by atoms with van der Waals surface area (Å²) >= 11 is 0. The number of carbonyl (C=O) groups is 1. The zero-order valence-electron chi connectivity index (χ0n) is 6.88. The molecule has 1 rings (SSSR count). The molecule has 0 spiro atoms. The van der Waals surface area contributed by atoms with E-state index in [2.05, 4.69) is 0 Å². The van der Waals surface area contributed by atoms with Gasteiger partial charge in [-0.15, -0.1) is 0 Å². The van der Waals surface area contributed by atoms with Gasteiger partial charge in [0.2, 0.25) is 0 Å². The van der Waals surface area contributed by atoms with Gasteiger partial charge in [0.25, 0.3) is 0 Å². The average molecular weight is 156 g/mol. The molecule has 11 heavy (non-hydrogen) atoms. The summed E-state index contributed by atoms with van der Waals surface area (Å²) in [4.78, 5) is 11.1. The fourth-order valence-electron chi connectivity index (χ4n) is 1.49. The van der Waals surface area contributed by atoms with Gasteiger partial charge in [-0.1, -0.05) is 25.7 Å². The molecule has 1 aliphatic carbocycles. The van der Waals surface area contributed by atoms with Gasteiger partial charge in [-0.3, -0.25) is 4.79 Å². The molecule has 2 heteroatoms. The predicted molar refractivity (Wildman–Crippen MR) is 43.3 cm³/mol. The van der Waals surface area contributed by atoms with E-state index in [1.807, 2.05) is 0 Å². The van der Waals surface area contributed by atoms with Crippen molar-refractivity contribution in [1.82, 2.24) is 0 Å². The van der Waals surface area contributed by atoms with E-state index in [1.54, 1.807) is 0 Å². The zero-order chi connectivity index (χ0) is 8.10. The second kappa shape index (κ2) is 4.50. The summed E-state index contributed by atoms with van der Waals surface area (Å²) in [6, 6.07) is 0. The van der Waals surface area contributed by atoms with Crippen LogP contribution in [0, 0.1) is 0 Å². The molecule has 1 N–H and O–H groups in total. The molecule has 0 bridgehead atoms. The van der Waals surface area contributed by atoms with Crippen LogP contribution < -0.4 is 0 Å². The van der Waals surface area contributed by atoms with Gasteiger partial charge >= 0.3 is 0 Å². The molecule has 1 unspecified atom stereocenters. The Balaban J connectivity index is 2.35. The van der Waals surface area contributed by atoms with Crippen molar-refractivity contribution in [2.45, 2.75) is 51.0 Å². The summed E-state index contributed by atoms with van der Waals surface area (Å²) in [6.07, 6.45) is 6.12. The molecule has 1 atom stereocenters. The molecule has 1 aliphatic rings. The minimum atomic E-state index is -0.659. The Labute approximate surface area is 67.6 Å². The second-order valence-corrected chi connectivity index (χ2v) is 3.29. The lowest BCUT2D eigenvalue weighted by Crippen LogP contribution is -2.19. The lowest BCUT2D eigenvalue weighted by Gasteiger charge is -2.05. The van der Waals surface area contributed by atoms with Crippen LogP contribution in [-0.2, 0) is 4.79 Å². The number of aliphatic hydroxyl groups is 1. The highest BCUT2D eigenvalue weighted by atomic mass is 16.3. The molecule has 1 saturated carbocycles. The highest BCUT2D eigenvalue weighted by Gasteiger charge is 2.14. The number of Topliss-reactive ketones (excluding diaryl/α,β-unsaturated/α-hetero) is 1. The predicted octanol–water partition coefficient (Wildman–Crippen LogP) is 1.66. The third kappa shape index (κ3) is 3.02. The zero-order valence-corrected chi connectivity index (χ0v) is 6.88. The third-order valence-corrected chi connectivity index (χ3v) is 2.27. The minimum Gasteiger partial charge on any atom is -0.385 e. The van der Waals surface area contributed by atoms with Crippen LogP contribution in [0.5, 0.6) is 0 Å². The first-order valence-electron chi connectivity index (χ1n) is 4.51. The highest BCUT2D eigenvalue weighted by Crippen LogP contribution is 2.14. The molecule has 0 aliphatic heterocycles. The van der Waals surface area contributed by atoms with Crippen molar-refractivity contribution in [3.05, 3.63) is 0 Å². The molecule has 0 aromatic carbocycles. The summed E-state index contributed by atoms with van der Waals surface area (Å²) in [5.41, 5.74) is 0. The minimum absolute atomic E-state index is 0.0481. The fraction of sp³-hybridized carbons (Fsp3) is 0.889. The number of hydrogen-bond donors (Lipinski definition) is 1. The quantitative estimate of drug-likeness (QED) is 0.579. The average Bonchev–Trinajstić information content (AvgIpc) is 2.07. The maximum absolute atomic E-state index is 11.1. The first kappa shape index (κ1) is 8.72. The molecule has 64 valence electrons. The number of hydrogen-bond acceptors (Lipinski definition) is 2. The van der Waals surface area contributed by atoms with Crippen LogP contribution in [-0.4, -0.2) is 17.0 Å². The van der Waals surface area contributed by atoms with Crippen molar-refractivity contribution in [2.75, 3.05) is 0 Å². The van der Waals surface area contributed by atoms with E-state index in [1.165, 1.54) is 12.8 Å². The Kier molecular flexibility index (Phi) is 3.57. The van der Waals surface area contributed by atoms with E-state index in [9.17, 15) is 9.90 Å². The lowest BCUT2D eigenvalue weighted by molar-refractivity contribution is -0.127. The van der Waals surface area contributed by atoms with E-state index in [4.69, 9.17) is 0 Å². The number of carbonyl (C=O) groups excluding carboxylic acids is 1. The van der Waals surface area contributed by atoms with Crippen molar-refractivity contribution in [3.8, 4) is 0 Å². The van der Waals surface area contributed by atoms with Gasteiger partial charge in [0.1, 0.15) is 6.10 Å². The Hall–Kier alpha value is -0.370.